The molecule has 4 saturated heterocycles. The molecule has 384 valence electrons. The highest BCUT2D eigenvalue weighted by molar-refractivity contribution is 5.88. The fourth-order valence-electron chi connectivity index (χ4n) is 6.84. The minimum Gasteiger partial charge on any atom is -0.429 e. The van der Waals surface area contributed by atoms with Crippen LogP contribution in [0, 0.1) is 0 Å². The Labute approximate surface area is 390 Å². The molecular weight excluding hydrogens is 912 g/mol. The third-order valence-corrected chi connectivity index (χ3v) is 11.2. The fourth-order valence-corrected chi connectivity index (χ4v) is 6.84. The number of aliphatic hydroxyl groups excluding tert-OH is 14. The van der Waals surface area contributed by atoms with Crippen molar-refractivity contribution in [3.05, 3.63) is 83.1 Å². The molecule has 0 radical (unpaired) electrons. The topological polar surface area (TPSA) is 391 Å². The van der Waals surface area contributed by atoms with E-state index in [4.69, 9.17) is 37.9 Å². The van der Waals surface area contributed by atoms with Gasteiger partial charge in [-0.05, 0) is 27.7 Å². The molecule has 0 aromatic rings. The van der Waals surface area contributed by atoms with Crippen molar-refractivity contribution in [2.24, 2.45) is 0 Å². The van der Waals surface area contributed by atoms with Crippen molar-refractivity contribution >= 4 is 11.9 Å². The Morgan fingerprint density at radius 1 is 0.397 bits per heavy atom. The number of carbonyl (C=O) groups is 2. The highest BCUT2D eigenvalue weighted by atomic mass is 16.8. The van der Waals surface area contributed by atoms with Crippen LogP contribution in [0.25, 0.3) is 0 Å². The van der Waals surface area contributed by atoms with Crippen LogP contribution in [0.2, 0.25) is 0 Å². The molecule has 20 atom stereocenters. The van der Waals surface area contributed by atoms with Crippen LogP contribution in [0.1, 0.15) is 27.7 Å². The molecular formula is C44H64O24. The zero-order valence-corrected chi connectivity index (χ0v) is 37.5. The third kappa shape index (κ3) is 14.9. The van der Waals surface area contributed by atoms with E-state index in [1.54, 1.807) is 62.5 Å². The van der Waals surface area contributed by atoms with Crippen LogP contribution in [0.3, 0.4) is 0 Å². The van der Waals surface area contributed by atoms with Gasteiger partial charge in [0.1, 0.15) is 97.7 Å². The molecule has 4 rings (SSSR count). The standard InChI is InChI=1S/C44H64O24/c1-19(11-7-13-21(3)39(59)67-43-37(57)33(53)29(49)25(65-43)17-61-41-35(55)31(51)27(47)23(15-45)63-41)9-5-6-10-20(2)12-8-14-22(4)40(60)68-44-38(58)34(54)30(50)26(66-44)18-62-42-36(56)32(52)28(48)24(16-46)64-42/h5-14,23-38,41-58H,15-18H2,1-4H3/b6-5+,11-7+,12-8+,19-9-,20-10+,21-13-,22-14+. The SMILES string of the molecule is CC(=C/C=C/C=C(C)/C=C/C=C(\C)C(=O)OC1OC(COC2OC(CO)C(O)C(O)C2O)C(O)C(O)C1O)/C=C/C=C(/C)C(=O)OC1OC(COC2OC(CO)C(O)C(O)C2O)C(O)C(O)C1O. The lowest BCUT2D eigenvalue weighted by molar-refractivity contribution is -0.326. The maximum Gasteiger partial charge on any atom is 0.336 e. The summed E-state index contributed by atoms with van der Waals surface area (Å²) in [6, 6.07) is 0. The Hall–Kier alpha value is -3.68. The first-order valence-electron chi connectivity index (χ1n) is 21.5. The summed E-state index contributed by atoms with van der Waals surface area (Å²) in [5.74, 6) is -1.86. The summed E-state index contributed by atoms with van der Waals surface area (Å²) in [4.78, 5) is 25.6. The molecule has 4 aliphatic rings. The van der Waals surface area contributed by atoms with Crippen LogP contribution in [0.4, 0.5) is 0 Å². The van der Waals surface area contributed by atoms with E-state index >= 15 is 0 Å². The van der Waals surface area contributed by atoms with Crippen LogP contribution in [-0.4, -0.2) is 233 Å². The van der Waals surface area contributed by atoms with Gasteiger partial charge in [-0.1, -0.05) is 71.9 Å². The van der Waals surface area contributed by atoms with Crippen molar-refractivity contribution in [2.75, 3.05) is 26.4 Å². The lowest BCUT2D eigenvalue weighted by Crippen LogP contribution is -2.61. The van der Waals surface area contributed by atoms with Gasteiger partial charge in [-0.2, -0.15) is 0 Å². The maximum absolute atomic E-state index is 12.8. The number of carbonyl (C=O) groups excluding carboxylic acids is 2. The molecule has 0 aromatic heterocycles. The molecule has 0 bridgehead atoms. The largest absolute Gasteiger partial charge is 0.429 e. The van der Waals surface area contributed by atoms with Crippen molar-refractivity contribution in [3.8, 4) is 0 Å². The molecule has 0 aliphatic carbocycles. The zero-order valence-electron chi connectivity index (χ0n) is 37.5. The van der Waals surface area contributed by atoms with Crippen molar-refractivity contribution in [2.45, 2.75) is 151 Å². The Balaban J connectivity index is 1.23. The van der Waals surface area contributed by atoms with E-state index in [0.29, 0.717) is 0 Å². The van der Waals surface area contributed by atoms with Gasteiger partial charge in [0.2, 0.25) is 12.6 Å². The van der Waals surface area contributed by atoms with E-state index in [2.05, 4.69) is 0 Å². The molecule has 0 spiro atoms. The minimum atomic E-state index is -1.86. The van der Waals surface area contributed by atoms with Gasteiger partial charge >= 0.3 is 11.9 Å². The Morgan fingerprint density at radius 2 is 0.691 bits per heavy atom. The van der Waals surface area contributed by atoms with E-state index in [1.807, 2.05) is 0 Å². The summed E-state index contributed by atoms with van der Waals surface area (Å²) in [5.41, 5.74) is 1.68. The Morgan fingerprint density at radius 3 is 1.01 bits per heavy atom. The molecule has 4 fully saturated rings. The van der Waals surface area contributed by atoms with Gasteiger partial charge < -0.3 is 109 Å². The average Bonchev–Trinajstić information content (AvgIpc) is 3.31. The molecule has 24 nitrogen and oxygen atoms in total. The number of aliphatic hydroxyl groups is 14. The summed E-state index contributed by atoms with van der Waals surface area (Å²) in [6.45, 7) is 3.80. The molecule has 24 heteroatoms. The first kappa shape index (κ1) is 56.9. The maximum atomic E-state index is 12.8. The van der Waals surface area contributed by atoms with Crippen molar-refractivity contribution in [3.63, 3.8) is 0 Å². The molecule has 4 heterocycles. The molecule has 20 unspecified atom stereocenters. The lowest BCUT2D eigenvalue weighted by atomic mass is 9.98. The van der Waals surface area contributed by atoms with Crippen LogP contribution in [0.5, 0.6) is 0 Å². The van der Waals surface area contributed by atoms with E-state index in [0.717, 1.165) is 11.1 Å². The van der Waals surface area contributed by atoms with Crippen molar-refractivity contribution in [1.29, 1.82) is 0 Å². The number of allylic oxidation sites excluding steroid dienone is 12. The smallest absolute Gasteiger partial charge is 0.336 e. The number of esters is 2. The summed E-state index contributed by atoms with van der Waals surface area (Å²) in [7, 11) is 0. The first-order chi connectivity index (χ1) is 32.1. The molecule has 4 aliphatic heterocycles. The molecule has 0 amide bonds. The number of rotatable bonds is 18. The van der Waals surface area contributed by atoms with Crippen LogP contribution in [-0.2, 0) is 47.5 Å². The molecule has 0 saturated carbocycles. The predicted octanol–water partition coefficient (Wildman–Crippen LogP) is -5.23. The summed E-state index contributed by atoms with van der Waals surface area (Å²) in [6.07, 6.45) is -16.8. The van der Waals surface area contributed by atoms with E-state index in [-0.39, 0.29) is 11.1 Å². The van der Waals surface area contributed by atoms with Crippen molar-refractivity contribution in [1.82, 2.24) is 0 Å². The number of hydrogen-bond acceptors (Lipinski definition) is 24. The summed E-state index contributed by atoms with van der Waals surface area (Å²) in [5, 5.41) is 142. The third-order valence-electron chi connectivity index (χ3n) is 11.2. The van der Waals surface area contributed by atoms with E-state index in [9.17, 15) is 81.1 Å². The highest BCUT2D eigenvalue weighted by Gasteiger charge is 2.50. The normalized spacial score (nSPS) is 40.3. The second kappa shape index (κ2) is 26.5. The van der Waals surface area contributed by atoms with E-state index < -0.39 is 161 Å². The van der Waals surface area contributed by atoms with Gasteiger partial charge in [-0.15, -0.1) is 0 Å². The van der Waals surface area contributed by atoms with E-state index in [1.165, 1.54) is 26.0 Å². The zero-order chi connectivity index (χ0) is 50.6. The molecule has 68 heavy (non-hydrogen) atoms. The first-order valence-corrected chi connectivity index (χ1v) is 21.5. The van der Waals surface area contributed by atoms with Gasteiger partial charge in [0.25, 0.3) is 0 Å². The predicted molar refractivity (Wildman–Crippen MR) is 227 cm³/mol. The second-order valence-corrected chi connectivity index (χ2v) is 16.5. The monoisotopic (exact) mass is 976 g/mol. The second-order valence-electron chi connectivity index (χ2n) is 16.5. The average molecular weight is 977 g/mol. The number of hydrogen-bond donors (Lipinski definition) is 14. The summed E-state index contributed by atoms with van der Waals surface area (Å²) < 4.78 is 42.7. The van der Waals surface area contributed by atoms with Crippen LogP contribution < -0.4 is 0 Å². The van der Waals surface area contributed by atoms with Crippen molar-refractivity contribution < 1.29 is 119 Å². The summed E-state index contributed by atoms with van der Waals surface area (Å²) >= 11 is 0. The minimum absolute atomic E-state index is 0.0726. The Kier molecular flexibility index (Phi) is 22.2. The molecule has 14 N–H and O–H groups in total. The van der Waals surface area contributed by atoms with Gasteiger partial charge in [0, 0.05) is 11.1 Å². The number of ether oxygens (including phenoxy) is 8. The van der Waals surface area contributed by atoms with Gasteiger partial charge in [0.05, 0.1) is 26.4 Å². The Bertz CT molecular complexity index is 1730. The lowest BCUT2D eigenvalue weighted by Gasteiger charge is -2.42. The fraction of sp³-hybridized carbons (Fsp3) is 0.636. The highest BCUT2D eigenvalue weighted by Crippen LogP contribution is 2.28. The molecule has 0 aromatic carbocycles. The van der Waals surface area contributed by atoms with Gasteiger partial charge in [-0.3, -0.25) is 0 Å². The quantitative estimate of drug-likeness (QED) is 0.0347. The van der Waals surface area contributed by atoms with Crippen LogP contribution in [0.15, 0.2) is 83.1 Å². The van der Waals surface area contributed by atoms with Gasteiger partial charge in [0.15, 0.2) is 12.6 Å². The van der Waals surface area contributed by atoms with Crippen LogP contribution >= 0.6 is 0 Å². The van der Waals surface area contributed by atoms with Gasteiger partial charge in [-0.25, -0.2) is 9.59 Å².